The third-order valence-corrected chi connectivity index (χ3v) is 8.85. The molecule has 0 radical (unpaired) electrons. The van der Waals surface area contributed by atoms with Crippen LogP contribution in [0.15, 0.2) is 83.8 Å². The minimum absolute atomic E-state index is 0.159. The summed E-state index contributed by atoms with van der Waals surface area (Å²) >= 11 is 0. The van der Waals surface area contributed by atoms with Crippen LogP contribution in [0.1, 0.15) is 50.4 Å². The van der Waals surface area contributed by atoms with Gasteiger partial charge in [0.2, 0.25) is 10.0 Å². The van der Waals surface area contributed by atoms with Crippen LogP contribution >= 0.6 is 0 Å². The Bertz CT molecular complexity index is 1500. The Morgan fingerprint density at radius 3 is 2.18 bits per heavy atom. The fourth-order valence-corrected chi connectivity index (χ4v) is 6.23. The summed E-state index contributed by atoms with van der Waals surface area (Å²) < 4.78 is 44.4. The number of benzene rings is 3. The van der Waals surface area contributed by atoms with Gasteiger partial charge in [0.1, 0.15) is 18.0 Å². The van der Waals surface area contributed by atoms with Crippen molar-refractivity contribution >= 4 is 22.1 Å². The van der Waals surface area contributed by atoms with E-state index in [0.29, 0.717) is 38.5 Å². The topological polar surface area (TPSA) is 114 Å². The van der Waals surface area contributed by atoms with Crippen molar-refractivity contribution < 1.29 is 32.2 Å². The normalized spacial score (nSPS) is 15.3. The minimum Gasteiger partial charge on any atom is -0.489 e. The van der Waals surface area contributed by atoms with Gasteiger partial charge in [-0.3, -0.25) is 9.69 Å². The van der Waals surface area contributed by atoms with Gasteiger partial charge in [0, 0.05) is 26.2 Å². The van der Waals surface area contributed by atoms with E-state index >= 15 is 0 Å². The third kappa shape index (κ3) is 9.28. The molecular weight excluding hydrogens is 582 g/mol. The summed E-state index contributed by atoms with van der Waals surface area (Å²) in [6.07, 6.45) is -0.522. The summed E-state index contributed by atoms with van der Waals surface area (Å²) in [6, 6.07) is 23.3. The van der Waals surface area contributed by atoms with Gasteiger partial charge in [-0.2, -0.15) is 4.31 Å². The molecule has 1 amide bonds. The first-order valence-corrected chi connectivity index (χ1v) is 16.1. The van der Waals surface area contributed by atoms with Crippen LogP contribution in [0.25, 0.3) is 0 Å². The highest BCUT2D eigenvalue weighted by atomic mass is 32.2. The molecule has 3 aromatic carbocycles. The summed E-state index contributed by atoms with van der Waals surface area (Å²) in [5.74, 6) is 0.300. The van der Waals surface area contributed by atoms with Gasteiger partial charge in [-0.05, 0) is 68.7 Å². The second-order valence-corrected chi connectivity index (χ2v) is 13.4. The first-order valence-electron chi connectivity index (χ1n) is 14.7. The van der Waals surface area contributed by atoms with E-state index in [1.165, 1.54) is 4.31 Å². The van der Waals surface area contributed by atoms with E-state index in [9.17, 15) is 18.0 Å². The maximum atomic E-state index is 13.2. The maximum absolute atomic E-state index is 13.2. The molecule has 0 aromatic heterocycles. The number of piperazine rings is 1. The van der Waals surface area contributed by atoms with Crippen molar-refractivity contribution in [2.45, 2.75) is 50.8 Å². The van der Waals surface area contributed by atoms with Crippen molar-refractivity contribution in [3.8, 4) is 5.75 Å². The van der Waals surface area contributed by atoms with Gasteiger partial charge >= 0.3 is 12.1 Å². The SMILES string of the molecule is CCOC(=O)CN1CCN(S(=O)(=O)c2ccc(COc3cccc([C@@H](NC(=O)OC(C)(C)C)c4ccccc4)c3)cc2)CC1. The first kappa shape index (κ1) is 33.0. The molecule has 0 saturated carbocycles. The van der Waals surface area contributed by atoms with Crippen molar-refractivity contribution in [3.63, 3.8) is 0 Å². The number of carbonyl (C=O) groups excluding carboxylic acids is 2. The van der Waals surface area contributed by atoms with Crippen molar-refractivity contribution in [1.29, 1.82) is 0 Å². The van der Waals surface area contributed by atoms with E-state index in [1.54, 1.807) is 31.2 Å². The molecular formula is C33H41N3O7S. The molecule has 0 spiro atoms. The van der Waals surface area contributed by atoms with Crippen LogP contribution in [0.3, 0.4) is 0 Å². The molecule has 236 valence electrons. The Balaban J connectivity index is 1.38. The molecule has 4 rings (SSSR count). The van der Waals surface area contributed by atoms with E-state index in [-0.39, 0.29) is 24.0 Å². The van der Waals surface area contributed by atoms with Gasteiger partial charge in [-0.25, -0.2) is 13.2 Å². The zero-order valence-corrected chi connectivity index (χ0v) is 26.5. The Labute approximate surface area is 260 Å². The molecule has 1 atom stereocenters. The summed E-state index contributed by atoms with van der Waals surface area (Å²) in [5.41, 5.74) is 1.89. The monoisotopic (exact) mass is 623 g/mol. The van der Waals surface area contributed by atoms with Gasteiger partial charge in [0.05, 0.1) is 24.1 Å². The van der Waals surface area contributed by atoms with E-state index in [0.717, 1.165) is 16.7 Å². The van der Waals surface area contributed by atoms with Crippen LogP contribution in [-0.4, -0.2) is 74.6 Å². The fourth-order valence-electron chi connectivity index (χ4n) is 4.80. The Kier molecular flexibility index (Phi) is 11.0. The third-order valence-electron chi connectivity index (χ3n) is 6.94. The van der Waals surface area contributed by atoms with Crippen molar-refractivity contribution in [3.05, 3.63) is 95.6 Å². The molecule has 1 heterocycles. The molecule has 10 nitrogen and oxygen atoms in total. The summed E-state index contributed by atoms with van der Waals surface area (Å²) in [4.78, 5) is 26.5. The lowest BCUT2D eigenvalue weighted by atomic mass is 9.98. The molecule has 1 N–H and O–H groups in total. The number of nitrogens with one attached hydrogen (secondary N) is 1. The molecule has 44 heavy (non-hydrogen) atoms. The number of carbonyl (C=O) groups is 2. The Hall–Kier alpha value is -3.93. The number of hydrogen-bond donors (Lipinski definition) is 1. The number of sulfonamides is 1. The highest BCUT2D eigenvalue weighted by molar-refractivity contribution is 7.89. The average molecular weight is 624 g/mol. The van der Waals surface area contributed by atoms with Gasteiger partial charge in [0.25, 0.3) is 0 Å². The summed E-state index contributed by atoms with van der Waals surface area (Å²) in [7, 11) is -3.67. The van der Waals surface area contributed by atoms with Gasteiger partial charge in [-0.15, -0.1) is 0 Å². The van der Waals surface area contributed by atoms with Gasteiger partial charge < -0.3 is 19.5 Å². The van der Waals surface area contributed by atoms with Crippen molar-refractivity contribution in [2.75, 3.05) is 39.3 Å². The molecule has 11 heteroatoms. The first-order chi connectivity index (χ1) is 20.9. The lowest BCUT2D eigenvalue weighted by Crippen LogP contribution is -2.49. The van der Waals surface area contributed by atoms with Gasteiger partial charge in [-0.1, -0.05) is 54.6 Å². The summed E-state index contributed by atoms with van der Waals surface area (Å²) in [5, 5.41) is 2.97. The largest absolute Gasteiger partial charge is 0.489 e. The van der Waals surface area contributed by atoms with Crippen LogP contribution < -0.4 is 10.1 Å². The number of alkyl carbamates (subject to hydrolysis) is 1. The molecule has 1 saturated heterocycles. The van der Waals surface area contributed by atoms with Crippen molar-refractivity contribution in [2.24, 2.45) is 0 Å². The number of hydrogen-bond acceptors (Lipinski definition) is 8. The minimum atomic E-state index is -3.67. The molecule has 1 aliphatic rings. The highest BCUT2D eigenvalue weighted by Crippen LogP contribution is 2.27. The second-order valence-electron chi connectivity index (χ2n) is 11.5. The smallest absolute Gasteiger partial charge is 0.408 e. The number of amides is 1. The lowest BCUT2D eigenvalue weighted by Gasteiger charge is -2.33. The van der Waals surface area contributed by atoms with E-state index in [4.69, 9.17) is 14.2 Å². The zero-order chi connectivity index (χ0) is 31.7. The Morgan fingerprint density at radius 2 is 1.55 bits per heavy atom. The second kappa shape index (κ2) is 14.7. The highest BCUT2D eigenvalue weighted by Gasteiger charge is 2.29. The van der Waals surface area contributed by atoms with Crippen LogP contribution in [0.2, 0.25) is 0 Å². The van der Waals surface area contributed by atoms with Crippen LogP contribution in [0, 0.1) is 0 Å². The Morgan fingerprint density at radius 1 is 0.886 bits per heavy atom. The number of esters is 1. The molecule has 3 aromatic rings. The number of rotatable bonds is 11. The molecule has 0 unspecified atom stereocenters. The van der Waals surface area contributed by atoms with Crippen molar-refractivity contribution in [1.82, 2.24) is 14.5 Å². The predicted molar refractivity (Wildman–Crippen MR) is 167 cm³/mol. The standard InChI is InChI=1S/C33H41N3O7S/c1-5-41-30(37)23-35-18-20-36(21-19-35)44(39,40)29-16-14-25(15-17-29)24-42-28-13-9-12-27(22-28)31(26-10-7-6-8-11-26)34-32(38)43-33(2,3)4/h6-17,22,31H,5,18-21,23-24H2,1-4H3,(H,34,38)/t31-/m0/s1. The van der Waals surface area contributed by atoms with Crippen LogP contribution in [0.5, 0.6) is 5.75 Å². The van der Waals surface area contributed by atoms with Gasteiger partial charge in [0.15, 0.2) is 0 Å². The average Bonchev–Trinajstić information content (AvgIpc) is 2.99. The predicted octanol–water partition coefficient (Wildman–Crippen LogP) is 4.75. The lowest BCUT2D eigenvalue weighted by molar-refractivity contribution is -0.144. The van der Waals surface area contributed by atoms with Crippen LogP contribution in [0.4, 0.5) is 4.79 Å². The molecule has 0 bridgehead atoms. The number of nitrogens with zero attached hydrogens (tertiary/aromatic N) is 2. The van der Waals surface area contributed by atoms with E-state index < -0.39 is 27.8 Å². The maximum Gasteiger partial charge on any atom is 0.408 e. The quantitative estimate of drug-likeness (QED) is 0.305. The van der Waals surface area contributed by atoms with E-state index in [2.05, 4.69) is 5.32 Å². The molecule has 1 aliphatic heterocycles. The zero-order valence-electron chi connectivity index (χ0n) is 25.7. The van der Waals surface area contributed by atoms with E-state index in [1.807, 2.05) is 80.3 Å². The molecule has 1 fully saturated rings. The number of ether oxygens (including phenoxy) is 3. The van der Waals surface area contributed by atoms with Crippen LogP contribution in [-0.2, 0) is 30.9 Å². The molecule has 0 aliphatic carbocycles. The summed E-state index contributed by atoms with van der Waals surface area (Å²) in [6.45, 7) is 9.44. The fraction of sp³-hybridized carbons (Fsp3) is 0.394.